The molecule has 0 aliphatic carbocycles. The molecule has 90 valence electrons. The fourth-order valence-electron chi connectivity index (χ4n) is 0.896. The van der Waals surface area contributed by atoms with Crippen molar-refractivity contribution in [3.05, 3.63) is 12.2 Å². The first kappa shape index (κ1) is 15.4. The Morgan fingerprint density at radius 1 is 1.33 bits per heavy atom. The first-order valence-electron chi connectivity index (χ1n) is 5.57. The zero-order chi connectivity index (χ0) is 12.1. The first-order valence-corrected chi connectivity index (χ1v) is 9.60. The van der Waals surface area contributed by atoms with Gasteiger partial charge in [-0.05, 0) is 24.1 Å². The summed E-state index contributed by atoms with van der Waals surface area (Å²) in [6.45, 7) is 14.5. The second kappa shape index (κ2) is 6.21. The molecule has 0 radical (unpaired) electrons. The number of allylic oxidation sites excluding steroid dienone is 1. The van der Waals surface area contributed by atoms with Gasteiger partial charge in [-0.2, -0.15) is 0 Å². The van der Waals surface area contributed by atoms with Gasteiger partial charge in [-0.25, -0.2) is 0 Å². The summed E-state index contributed by atoms with van der Waals surface area (Å²) in [6.07, 6.45) is 4.35. The second-order valence-corrected chi connectivity index (χ2v) is 11.1. The van der Waals surface area contributed by atoms with Crippen LogP contribution in [0.15, 0.2) is 12.2 Å². The average molecular weight is 293 g/mol. The Labute approximate surface area is 105 Å². The van der Waals surface area contributed by atoms with Gasteiger partial charge in [0, 0.05) is 11.9 Å². The van der Waals surface area contributed by atoms with Crippen LogP contribution in [0.5, 0.6) is 0 Å². The van der Waals surface area contributed by atoms with Crippen LogP contribution in [0.4, 0.5) is 0 Å². The Morgan fingerprint density at radius 3 is 2.27 bits per heavy atom. The third-order valence-electron chi connectivity index (χ3n) is 3.07. The molecular formula is C12H25BrOSi. The summed E-state index contributed by atoms with van der Waals surface area (Å²) in [4.78, 5) is 0. The summed E-state index contributed by atoms with van der Waals surface area (Å²) in [5.41, 5.74) is 0. The Hall–Kier alpha value is 0.397. The zero-order valence-corrected chi connectivity index (χ0v) is 13.5. The van der Waals surface area contributed by atoms with Crippen molar-refractivity contribution < 1.29 is 4.43 Å². The minimum absolute atomic E-state index is 0.311. The maximum atomic E-state index is 6.13. The fourth-order valence-corrected chi connectivity index (χ4v) is 2.22. The minimum atomic E-state index is -1.55. The van der Waals surface area contributed by atoms with Gasteiger partial charge in [-0.1, -0.05) is 55.8 Å². The van der Waals surface area contributed by atoms with E-state index in [0.29, 0.717) is 11.0 Å². The average Bonchev–Trinajstić information content (AvgIpc) is 2.09. The molecule has 0 heterocycles. The first-order chi connectivity index (χ1) is 6.70. The summed E-state index contributed by atoms with van der Waals surface area (Å²) in [6, 6.07) is 0. The van der Waals surface area contributed by atoms with E-state index in [1.807, 2.05) is 0 Å². The topological polar surface area (TPSA) is 9.23 Å². The Morgan fingerprint density at radius 2 is 1.87 bits per heavy atom. The van der Waals surface area contributed by atoms with Gasteiger partial charge >= 0.3 is 0 Å². The van der Waals surface area contributed by atoms with Gasteiger partial charge in [0.25, 0.3) is 0 Å². The van der Waals surface area contributed by atoms with Crippen LogP contribution in [0.2, 0.25) is 18.1 Å². The van der Waals surface area contributed by atoms with Gasteiger partial charge < -0.3 is 4.43 Å². The molecule has 0 saturated carbocycles. The molecule has 3 heteroatoms. The van der Waals surface area contributed by atoms with Crippen LogP contribution in [-0.2, 0) is 4.43 Å². The fraction of sp³-hybridized carbons (Fsp3) is 0.833. The molecule has 0 aromatic carbocycles. The highest BCUT2D eigenvalue weighted by Gasteiger charge is 2.37. The van der Waals surface area contributed by atoms with E-state index >= 15 is 0 Å². The SMILES string of the molecule is C[C@H](/C=C\CBr)CO[Si](C)(C)C(C)(C)C. The Balaban J connectivity index is 4.10. The summed E-state index contributed by atoms with van der Waals surface area (Å²) in [5.74, 6) is 0.511. The van der Waals surface area contributed by atoms with Gasteiger partial charge in [0.2, 0.25) is 0 Å². The molecule has 0 N–H and O–H groups in total. The van der Waals surface area contributed by atoms with E-state index in [0.717, 1.165) is 11.9 Å². The molecule has 0 aromatic heterocycles. The van der Waals surface area contributed by atoms with E-state index in [4.69, 9.17) is 4.43 Å². The van der Waals surface area contributed by atoms with Crippen LogP contribution >= 0.6 is 15.9 Å². The van der Waals surface area contributed by atoms with Crippen molar-refractivity contribution in [1.29, 1.82) is 0 Å². The van der Waals surface area contributed by atoms with Crippen LogP contribution in [-0.4, -0.2) is 20.3 Å². The monoisotopic (exact) mass is 292 g/mol. The molecule has 0 spiro atoms. The lowest BCUT2D eigenvalue weighted by Gasteiger charge is -2.36. The van der Waals surface area contributed by atoms with Crippen molar-refractivity contribution in [3.63, 3.8) is 0 Å². The molecule has 0 aromatic rings. The maximum Gasteiger partial charge on any atom is 0.192 e. The van der Waals surface area contributed by atoms with Gasteiger partial charge in [-0.15, -0.1) is 0 Å². The van der Waals surface area contributed by atoms with Crippen LogP contribution in [0.25, 0.3) is 0 Å². The summed E-state index contributed by atoms with van der Waals surface area (Å²) >= 11 is 3.38. The standard InChI is InChI=1S/C12H25BrOSi/c1-11(8-7-9-13)10-14-15(5,6)12(2,3)4/h7-8,11H,9-10H2,1-6H3/b8-7-/t11-/m1/s1. The van der Waals surface area contributed by atoms with E-state index in [2.05, 4.69) is 68.9 Å². The number of alkyl halides is 1. The molecule has 0 fully saturated rings. The van der Waals surface area contributed by atoms with Gasteiger partial charge in [0.15, 0.2) is 8.32 Å². The van der Waals surface area contributed by atoms with Gasteiger partial charge in [0.05, 0.1) is 0 Å². The summed E-state index contributed by atoms with van der Waals surface area (Å²) < 4.78 is 6.13. The van der Waals surface area contributed by atoms with E-state index in [9.17, 15) is 0 Å². The second-order valence-electron chi connectivity index (χ2n) is 5.63. The molecule has 15 heavy (non-hydrogen) atoms. The lowest BCUT2D eigenvalue weighted by molar-refractivity contribution is 0.259. The Bertz CT molecular complexity index is 206. The highest BCUT2D eigenvalue weighted by atomic mass is 79.9. The third kappa shape index (κ3) is 5.88. The molecule has 1 nitrogen and oxygen atoms in total. The highest BCUT2D eigenvalue weighted by molar-refractivity contribution is 9.09. The van der Waals surface area contributed by atoms with Gasteiger partial charge in [-0.3, -0.25) is 0 Å². The molecule has 0 amide bonds. The zero-order valence-electron chi connectivity index (χ0n) is 10.9. The lowest BCUT2D eigenvalue weighted by Crippen LogP contribution is -2.41. The van der Waals surface area contributed by atoms with Crippen molar-refractivity contribution in [1.82, 2.24) is 0 Å². The molecule has 0 saturated heterocycles. The largest absolute Gasteiger partial charge is 0.416 e. The lowest BCUT2D eigenvalue weighted by atomic mass is 10.2. The van der Waals surface area contributed by atoms with E-state index in [1.54, 1.807) is 0 Å². The molecule has 0 unspecified atom stereocenters. The minimum Gasteiger partial charge on any atom is -0.416 e. The van der Waals surface area contributed by atoms with Crippen LogP contribution in [0, 0.1) is 5.92 Å². The molecule has 0 aliphatic rings. The molecular weight excluding hydrogens is 268 g/mol. The van der Waals surface area contributed by atoms with Crippen LogP contribution in [0.3, 0.4) is 0 Å². The maximum absolute atomic E-state index is 6.13. The normalized spacial score (nSPS) is 15.9. The van der Waals surface area contributed by atoms with Crippen molar-refractivity contribution in [2.75, 3.05) is 11.9 Å². The van der Waals surface area contributed by atoms with Crippen molar-refractivity contribution in [2.45, 2.75) is 45.8 Å². The van der Waals surface area contributed by atoms with Crippen molar-refractivity contribution in [2.24, 2.45) is 5.92 Å². The number of rotatable bonds is 5. The third-order valence-corrected chi connectivity index (χ3v) is 7.94. The number of hydrogen-bond acceptors (Lipinski definition) is 1. The quantitative estimate of drug-likeness (QED) is 0.409. The predicted molar refractivity (Wildman–Crippen MR) is 75.2 cm³/mol. The molecule has 1 atom stereocenters. The van der Waals surface area contributed by atoms with E-state index in [1.165, 1.54) is 0 Å². The molecule has 0 bridgehead atoms. The molecule has 0 aliphatic heterocycles. The van der Waals surface area contributed by atoms with Gasteiger partial charge in [0.1, 0.15) is 0 Å². The summed E-state index contributed by atoms with van der Waals surface area (Å²) in [7, 11) is -1.55. The van der Waals surface area contributed by atoms with Crippen molar-refractivity contribution in [3.8, 4) is 0 Å². The number of hydrogen-bond donors (Lipinski definition) is 0. The van der Waals surface area contributed by atoms with E-state index in [-0.39, 0.29) is 0 Å². The highest BCUT2D eigenvalue weighted by Crippen LogP contribution is 2.36. The summed E-state index contributed by atoms with van der Waals surface area (Å²) in [5, 5.41) is 1.24. The van der Waals surface area contributed by atoms with Crippen LogP contribution < -0.4 is 0 Å². The van der Waals surface area contributed by atoms with E-state index < -0.39 is 8.32 Å². The predicted octanol–water partition coefficient (Wildman–Crippen LogP) is 4.60. The van der Waals surface area contributed by atoms with Crippen molar-refractivity contribution >= 4 is 24.2 Å². The number of halogens is 1. The van der Waals surface area contributed by atoms with Crippen LogP contribution in [0.1, 0.15) is 27.7 Å². The Kier molecular flexibility index (Phi) is 6.38. The smallest absolute Gasteiger partial charge is 0.192 e. The molecule has 0 rings (SSSR count).